The lowest BCUT2D eigenvalue weighted by Gasteiger charge is -2.29. The summed E-state index contributed by atoms with van der Waals surface area (Å²) in [6.07, 6.45) is 8.50. The summed E-state index contributed by atoms with van der Waals surface area (Å²) in [7, 11) is -3.05. The molecule has 274 valence electrons. The van der Waals surface area contributed by atoms with Crippen molar-refractivity contribution in [3.63, 3.8) is 0 Å². The number of aromatic amines is 1. The Morgan fingerprint density at radius 2 is 1.92 bits per heavy atom. The van der Waals surface area contributed by atoms with Gasteiger partial charge in [0.25, 0.3) is 10.0 Å². The van der Waals surface area contributed by atoms with Crippen molar-refractivity contribution < 1.29 is 32.5 Å². The molecule has 1 unspecified atom stereocenters. The number of rotatable bonds is 13. The zero-order chi connectivity index (χ0) is 37.6. The summed E-state index contributed by atoms with van der Waals surface area (Å²) in [5, 5.41) is 17.2. The number of hydrogen-bond acceptors (Lipinski definition) is 15. The van der Waals surface area contributed by atoms with Crippen molar-refractivity contribution in [3.05, 3.63) is 108 Å². The van der Waals surface area contributed by atoms with Crippen LogP contribution in [0.4, 0.5) is 16.4 Å². The Morgan fingerprint density at radius 3 is 2.57 bits per heavy atom. The van der Waals surface area contributed by atoms with Gasteiger partial charge in [0.1, 0.15) is 17.3 Å². The van der Waals surface area contributed by atoms with E-state index in [-0.39, 0.29) is 45.7 Å². The maximum absolute atomic E-state index is 14.0. The second-order valence-corrected chi connectivity index (χ2v) is 13.4. The van der Waals surface area contributed by atoms with Crippen molar-refractivity contribution in [2.75, 3.05) is 23.3 Å². The average molecular weight is 762 g/mol. The Kier molecular flexibility index (Phi) is 10.7. The molecule has 0 spiro atoms. The Labute approximate surface area is 308 Å². The predicted octanol–water partition coefficient (Wildman–Crippen LogP) is 5.03. The minimum atomic E-state index is -4.49. The van der Waals surface area contributed by atoms with Crippen LogP contribution in [0.3, 0.4) is 0 Å². The number of carbonyl (C=O) groups excluding carboxylic acids is 1. The van der Waals surface area contributed by atoms with Gasteiger partial charge in [-0.15, -0.1) is 10.2 Å². The lowest BCUT2D eigenvalue weighted by molar-refractivity contribution is -0.144. The number of hydrogen-bond donors (Lipinski definition) is 3. The van der Waals surface area contributed by atoms with Gasteiger partial charge in [-0.1, -0.05) is 48.9 Å². The molecule has 1 aromatic carbocycles. The van der Waals surface area contributed by atoms with E-state index in [1.165, 1.54) is 42.6 Å². The summed E-state index contributed by atoms with van der Waals surface area (Å²) in [6, 6.07) is 12.5. The van der Waals surface area contributed by atoms with Crippen LogP contribution in [0.25, 0.3) is 0 Å². The number of aromatic nitrogens is 8. The van der Waals surface area contributed by atoms with Gasteiger partial charge >= 0.3 is 12.0 Å². The summed E-state index contributed by atoms with van der Waals surface area (Å²) in [4.78, 5) is 43.0. The molecule has 0 bridgehead atoms. The molecular formula is C33H32ClN11O7S. The molecule has 1 aliphatic heterocycles. The summed E-state index contributed by atoms with van der Waals surface area (Å²) in [5.74, 6) is -0.944. The molecule has 53 heavy (non-hydrogen) atoms. The summed E-state index contributed by atoms with van der Waals surface area (Å²) in [6.45, 7) is 5.75. The first-order chi connectivity index (χ1) is 25.5. The topological polar surface area (TPSA) is 221 Å². The molecule has 0 radical (unpaired) electrons. The molecule has 20 heteroatoms. The molecule has 0 fully saturated rings. The third-order valence-corrected chi connectivity index (χ3v) is 9.25. The quantitative estimate of drug-likeness (QED) is 0.106. The molecule has 0 saturated heterocycles. The molecule has 4 aromatic heterocycles. The smallest absolute Gasteiger partial charge is 0.458 e. The Morgan fingerprint density at radius 1 is 1.08 bits per heavy atom. The fraction of sp³-hybridized carbons (Fsp3) is 0.212. The second-order valence-electron chi connectivity index (χ2n) is 11.4. The van der Waals surface area contributed by atoms with Crippen LogP contribution in [0.2, 0.25) is 5.02 Å². The maximum Gasteiger partial charge on any atom is 0.458 e. The van der Waals surface area contributed by atoms with Gasteiger partial charge in [0, 0.05) is 25.0 Å². The number of sulfonamides is 1. The van der Waals surface area contributed by atoms with Crippen LogP contribution in [0.5, 0.6) is 23.1 Å². The van der Waals surface area contributed by atoms with Crippen molar-refractivity contribution in [2.45, 2.75) is 37.3 Å². The number of H-pyrrole nitrogens is 1. The first kappa shape index (κ1) is 36.5. The molecule has 1 atom stereocenters. The van der Waals surface area contributed by atoms with Gasteiger partial charge in [-0.05, 0) is 67.1 Å². The van der Waals surface area contributed by atoms with E-state index in [0.29, 0.717) is 5.75 Å². The van der Waals surface area contributed by atoms with E-state index in [0.717, 1.165) is 5.56 Å². The van der Waals surface area contributed by atoms with Gasteiger partial charge in [0.15, 0.2) is 22.2 Å². The van der Waals surface area contributed by atoms with E-state index in [9.17, 15) is 13.2 Å². The predicted molar refractivity (Wildman–Crippen MR) is 190 cm³/mol. The van der Waals surface area contributed by atoms with Gasteiger partial charge in [0.05, 0.1) is 12.1 Å². The van der Waals surface area contributed by atoms with Crippen LogP contribution in [0, 0.1) is 0 Å². The molecule has 5 aromatic rings. The number of nitrogens with zero attached hydrogens (tertiary/aromatic N) is 8. The van der Waals surface area contributed by atoms with Crippen LogP contribution in [-0.4, -0.2) is 68.7 Å². The largest absolute Gasteiger partial charge is 0.497 e. The highest BCUT2D eigenvalue weighted by molar-refractivity contribution is 7.92. The van der Waals surface area contributed by atoms with E-state index < -0.39 is 39.1 Å². The zero-order valence-electron chi connectivity index (χ0n) is 28.6. The number of halogens is 1. The number of pyridine rings is 2. The molecule has 0 aliphatic carbocycles. The minimum absolute atomic E-state index is 0.0198. The van der Waals surface area contributed by atoms with Crippen LogP contribution in [0.15, 0.2) is 90.4 Å². The highest BCUT2D eigenvalue weighted by Crippen LogP contribution is 2.43. The van der Waals surface area contributed by atoms with Crippen LogP contribution >= 0.6 is 11.6 Å². The molecule has 5 heterocycles. The van der Waals surface area contributed by atoms with Crippen molar-refractivity contribution >= 4 is 39.4 Å². The number of benzene rings is 1. The number of amides is 1. The standard InChI is InChI=1S/C33H32ClN11O7S/c1-5-45(25-10-6-8-16-35-25)32(46)52-51-29-27(50-24-18-22(49-4)12-13-23(24)34)28(42-53(47,48)26-14-11-21(19-36-26)20(2)3)38-30(39-29)33(15-7-9-17-37-33)31-40-43-44-41-31/h6-20,37H,5H2,1-4H3,(H,38,39,42)(H,40,41,43,44). The Hall–Kier alpha value is -6.34. The van der Waals surface area contributed by atoms with E-state index in [1.54, 1.807) is 61.7 Å². The highest BCUT2D eigenvalue weighted by Gasteiger charge is 2.42. The SMILES string of the molecule is CCN(C(=O)OOc1nc(C2(c3nn[nH]n3)C=CC=CN2)nc(NS(=O)(=O)c2ccc(C(C)C)cn2)c1Oc1cc(OC)ccc1Cl)c1ccccn1. The summed E-state index contributed by atoms with van der Waals surface area (Å²) in [5.41, 5.74) is -0.740. The molecular weight excluding hydrogens is 730 g/mol. The number of methoxy groups -OCH3 is 1. The van der Waals surface area contributed by atoms with Crippen LogP contribution in [0.1, 0.15) is 43.9 Å². The van der Waals surface area contributed by atoms with Crippen LogP contribution < -0.4 is 29.3 Å². The maximum atomic E-state index is 14.0. The molecule has 18 nitrogen and oxygen atoms in total. The van der Waals surface area contributed by atoms with Crippen molar-refractivity contribution in [2.24, 2.45) is 0 Å². The van der Waals surface area contributed by atoms with E-state index in [1.807, 2.05) is 13.8 Å². The third-order valence-electron chi connectivity index (χ3n) is 7.69. The number of carbonyl (C=O) groups is 1. The fourth-order valence-corrected chi connectivity index (χ4v) is 6.00. The summed E-state index contributed by atoms with van der Waals surface area (Å²) >= 11 is 6.51. The lowest BCUT2D eigenvalue weighted by atomic mass is 9.95. The number of dihydropyridines is 1. The first-order valence-corrected chi connectivity index (χ1v) is 17.8. The third kappa shape index (κ3) is 7.80. The minimum Gasteiger partial charge on any atom is -0.497 e. The van der Waals surface area contributed by atoms with Gasteiger partial charge in [-0.25, -0.2) is 24.6 Å². The van der Waals surface area contributed by atoms with Crippen molar-refractivity contribution in [1.82, 2.24) is 45.9 Å². The number of tetrazole rings is 1. The van der Waals surface area contributed by atoms with E-state index >= 15 is 0 Å². The van der Waals surface area contributed by atoms with Crippen molar-refractivity contribution in [3.8, 4) is 23.1 Å². The number of ether oxygens (including phenoxy) is 2. The van der Waals surface area contributed by atoms with E-state index in [4.69, 9.17) is 30.8 Å². The molecule has 6 rings (SSSR count). The number of anilines is 2. The van der Waals surface area contributed by atoms with E-state index in [2.05, 4.69) is 50.6 Å². The monoisotopic (exact) mass is 761 g/mol. The van der Waals surface area contributed by atoms with Gasteiger partial charge in [-0.3, -0.25) is 14.5 Å². The van der Waals surface area contributed by atoms with Gasteiger partial charge in [0.2, 0.25) is 11.6 Å². The molecule has 3 N–H and O–H groups in total. The number of nitrogens with one attached hydrogen (secondary N) is 3. The van der Waals surface area contributed by atoms with Crippen LogP contribution in [-0.2, 0) is 20.4 Å². The normalized spacial score (nSPS) is 15.1. The summed E-state index contributed by atoms with van der Waals surface area (Å²) < 4.78 is 41.9. The molecule has 1 aliphatic rings. The fourth-order valence-electron chi connectivity index (χ4n) is 4.90. The Bertz CT molecular complexity index is 2240. The zero-order valence-corrected chi connectivity index (χ0v) is 30.2. The number of allylic oxidation sites excluding steroid dienone is 2. The average Bonchev–Trinajstić information content (AvgIpc) is 3.73. The lowest BCUT2D eigenvalue weighted by Crippen LogP contribution is -2.43. The van der Waals surface area contributed by atoms with Gasteiger partial charge in [-0.2, -0.15) is 18.6 Å². The van der Waals surface area contributed by atoms with Crippen molar-refractivity contribution in [1.29, 1.82) is 0 Å². The molecule has 0 saturated carbocycles. The Balaban J connectivity index is 1.53. The second kappa shape index (κ2) is 15.5. The highest BCUT2D eigenvalue weighted by atomic mass is 35.5. The molecule has 1 amide bonds. The van der Waals surface area contributed by atoms with Gasteiger partial charge < -0.3 is 14.8 Å². The first-order valence-electron chi connectivity index (χ1n) is 15.9.